The molecule has 1 heterocycles. The van der Waals surface area contributed by atoms with Crippen molar-refractivity contribution in [2.24, 2.45) is 0 Å². The van der Waals surface area contributed by atoms with Crippen LogP contribution in [0.4, 0.5) is 0 Å². The highest BCUT2D eigenvalue weighted by molar-refractivity contribution is 5.80. The van der Waals surface area contributed by atoms with E-state index >= 15 is 0 Å². The lowest BCUT2D eigenvalue weighted by molar-refractivity contribution is -0.305. The molecule has 1 aliphatic rings. The summed E-state index contributed by atoms with van der Waals surface area (Å²) < 4.78 is 17.5. The average molecular weight is 980 g/mol. The third kappa shape index (κ3) is 34.6. The number of hydrogen-bond donors (Lipinski definition) is 6. The Morgan fingerprint density at radius 2 is 1.10 bits per heavy atom. The SMILES string of the molecule is CC\C=C/C=C/C=C/C=C\C=C\C=C\CCCCC(O)C(=O)NC(COC1OC(CO)C(O)C(O)C1OC(=O)CCCCCCCCC/C=C/C/C=C/CC)C(O)/C=C/CCCCCCCCCCC. The van der Waals surface area contributed by atoms with Crippen LogP contribution < -0.4 is 5.32 Å². The van der Waals surface area contributed by atoms with Crippen molar-refractivity contribution in [2.75, 3.05) is 13.2 Å². The van der Waals surface area contributed by atoms with Crippen molar-refractivity contribution < 1.29 is 49.3 Å². The fourth-order valence-electron chi connectivity index (χ4n) is 7.78. The molecule has 1 saturated heterocycles. The summed E-state index contributed by atoms with van der Waals surface area (Å²) in [5, 5.41) is 56.6. The first-order valence-corrected chi connectivity index (χ1v) is 27.2. The molecule has 0 spiro atoms. The van der Waals surface area contributed by atoms with E-state index in [2.05, 4.69) is 56.5 Å². The molecule has 1 fully saturated rings. The largest absolute Gasteiger partial charge is 0.454 e. The highest BCUT2D eigenvalue weighted by Crippen LogP contribution is 2.26. The van der Waals surface area contributed by atoms with Gasteiger partial charge in [-0.2, -0.15) is 0 Å². The number of amides is 1. The summed E-state index contributed by atoms with van der Waals surface area (Å²) in [6.45, 7) is 5.46. The standard InChI is InChI=1S/C59H97NO10/c1-4-7-10-13-16-19-22-24-26-27-28-31-34-37-40-43-46-52(63)58(67)60-50(51(62)45-42-39-36-33-30-21-18-15-12-9-6-3)49-68-59-57(56(66)55(65)53(48-61)69-59)70-54(64)47-44-41-38-35-32-29-25-23-20-17-14-11-8-5-2/h7-8,10-11,13,16-17,19-20,22,24,26-28,31,34,42,45,50-53,55-57,59,61-63,65-66H,4-6,9,12,14-15,18,21,23,25,29-30,32-33,35-41,43-44,46-49H2,1-3H3,(H,60,67)/b10-7-,11-8+,16-13+,20-17+,22-19+,26-24-,28-27+,34-31+,45-42+. The number of rotatable bonds is 43. The van der Waals surface area contributed by atoms with E-state index in [1.165, 1.54) is 38.5 Å². The topological polar surface area (TPSA) is 175 Å². The zero-order valence-electron chi connectivity index (χ0n) is 43.6. The van der Waals surface area contributed by atoms with Crippen LogP contribution >= 0.6 is 0 Å². The average Bonchev–Trinajstić information content (AvgIpc) is 3.36. The third-order valence-electron chi connectivity index (χ3n) is 12.1. The van der Waals surface area contributed by atoms with E-state index in [4.69, 9.17) is 14.2 Å². The lowest BCUT2D eigenvalue weighted by atomic mass is 9.99. The summed E-state index contributed by atoms with van der Waals surface area (Å²) in [4.78, 5) is 26.4. The second-order valence-electron chi connectivity index (χ2n) is 18.4. The molecule has 0 aromatic rings. The number of carbonyl (C=O) groups excluding carboxylic acids is 2. The Morgan fingerprint density at radius 1 is 0.586 bits per heavy atom. The summed E-state index contributed by atoms with van der Waals surface area (Å²) in [5.41, 5.74) is 0. The summed E-state index contributed by atoms with van der Waals surface area (Å²) in [6, 6.07) is -1.05. The molecule has 11 heteroatoms. The van der Waals surface area contributed by atoms with Crippen LogP contribution in [-0.2, 0) is 23.8 Å². The van der Waals surface area contributed by atoms with Gasteiger partial charge in [0.1, 0.15) is 24.4 Å². The van der Waals surface area contributed by atoms with E-state index in [9.17, 15) is 35.1 Å². The zero-order chi connectivity index (χ0) is 51.1. The highest BCUT2D eigenvalue weighted by Gasteiger charge is 2.47. The number of carbonyl (C=O) groups is 2. The maximum atomic E-state index is 13.3. The number of ether oxygens (including phenoxy) is 3. The van der Waals surface area contributed by atoms with Crippen LogP contribution in [0, 0.1) is 0 Å². The van der Waals surface area contributed by atoms with Gasteiger partial charge in [0.05, 0.1) is 25.4 Å². The molecule has 0 aliphatic carbocycles. The number of aliphatic hydroxyl groups is 5. The number of aliphatic hydroxyl groups excluding tert-OH is 5. The molecule has 8 atom stereocenters. The van der Waals surface area contributed by atoms with Gasteiger partial charge >= 0.3 is 5.97 Å². The normalized spacial score (nSPS) is 20.6. The molecule has 0 radical (unpaired) electrons. The van der Waals surface area contributed by atoms with Crippen molar-refractivity contribution in [3.63, 3.8) is 0 Å². The first-order chi connectivity index (χ1) is 34.2. The van der Waals surface area contributed by atoms with Gasteiger partial charge < -0.3 is 45.1 Å². The van der Waals surface area contributed by atoms with E-state index in [1.54, 1.807) is 6.08 Å². The minimum absolute atomic E-state index is 0.102. The van der Waals surface area contributed by atoms with E-state index < -0.39 is 67.4 Å². The molecule has 11 nitrogen and oxygen atoms in total. The molecule has 6 N–H and O–H groups in total. The minimum Gasteiger partial charge on any atom is -0.454 e. The molecule has 70 heavy (non-hydrogen) atoms. The molecule has 0 saturated carbocycles. The monoisotopic (exact) mass is 980 g/mol. The lowest BCUT2D eigenvalue weighted by Crippen LogP contribution is -2.61. The predicted molar refractivity (Wildman–Crippen MR) is 287 cm³/mol. The third-order valence-corrected chi connectivity index (χ3v) is 12.1. The Labute approximate surface area is 424 Å². The summed E-state index contributed by atoms with van der Waals surface area (Å²) in [5.74, 6) is -1.26. The quantitative estimate of drug-likeness (QED) is 0.0149. The van der Waals surface area contributed by atoms with Gasteiger partial charge in [0.15, 0.2) is 12.4 Å². The molecule has 0 aromatic carbocycles. The van der Waals surface area contributed by atoms with Gasteiger partial charge in [0.2, 0.25) is 5.91 Å². The van der Waals surface area contributed by atoms with Crippen LogP contribution in [0.25, 0.3) is 0 Å². The van der Waals surface area contributed by atoms with Crippen molar-refractivity contribution in [3.8, 4) is 0 Å². The number of allylic oxidation sites excluding steroid dienone is 17. The molecular weight excluding hydrogens is 883 g/mol. The van der Waals surface area contributed by atoms with Crippen LogP contribution in [0.2, 0.25) is 0 Å². The van der Waals surface area contributed by atoms with Gasteiger partial charge in [0.25, 0.3) is 0 Å². The Bertz CT molecular complexity index is 1550. The van der Waals surface area contributed by atoms with Crippen LogP contribution in [-0.4, -0.2) is 99.6 Å². The second kappa shape index (κ2) is 46.4. The maximum absolute atomic E-state index is 13.3. The molecule has 0 aromatic heterocycles. The highest BCUT2D eigenvalue weighted by atomic mass is 16.7. The van der Waals surface area contributed by atoms with Crippen molar-refractivity contribution in [3.05, 3.63) is 109 Å². The van der Waals surface area contributed by atoms with Gasteiger partial charge in [-0.1, -0.05) is 220 Å². The first kappa shape index (κ1) is 64.3. The zero-order valence-corrected chi connectivity index (χ0v) is 43.6. The smallest absolute Gasteiger partial charge is 0.306 e. The van der Waals surface area contributed by atoms with E-state index in [0.29, 0.717) is 12.8 Å². The second-order valence-corrected chi connectivity index (χ2v) is 18.4. The molecule has 8 unspecified atom stereocenters. The molecular formula is C59H97NO10. The van der Waals surface area contributed by atoms with Crippen LogP contribution in [0.3, 0.4) is 0 Å². The van der Waals surface area contributed by atoms with E-state index in [-0.39, 0.29) is 19.4 Å². The van der Waals surface area contributed by atoms with Crippen molar-refractivity contribution >= 4 is 11.9 Å². The maximum Gasteiger partial charge on any atom is 0.306 e. The van der Waals surface area contributed by atoms with Gasteiger partial charge in [-0.25, -0.2) is 0 Å². The molecule has 0 bridgehead atoms. The van der Waals surface area contributed by atoms with Crippen LogP contribution in [0.15, 0.2) is 109 Å². The van der Waals surface area contributed by atoms with E-state index in [1.807, 2.05) is 72.9 Å². The van der Waals surface area contributed by atoms with Crippen LogP contribution in [0.1, 0.15) is 188 Å². The Hall–Kier alpha value is -3.68. The van der Waals surface area contributed by atoms with Crippen molar-refractivity contribution in [1.29, 1.82) is 0 Å². The fourth-order valence-corrected chi connectivity index (χ4v) is 7.78. The number of nitrogens with one attached hydrogen (secondary N) is 1. The van der Waals surface area contributed by atoms with E-state index in [0.717, 1.165) is 103 Å². The van der Waals surface area contributed by atoms with Gasteiger partial charge in [-0.15, -0.1) is 0 Å². The Balaban J connectivity index is 2.81. The molecule has 1 aliphatic heterocycles. The van der Waals surface area contributed by atoms with Gasteiger partial charge in [-0.05, 0) is 70.6 Å². The minimum atomic E-state index is -1.63. The Kier molecular flexibility index (Phi) is 42.6. The fraction of sp³-hybridized carbons (Fsp3) is 0.661. The summed E-state index contributed by atoms with van der Waals surface area (Å²) in [7, 11) is 0. The van der Waals surface area contributed by atoms with Gasteiger partial charge in [0, 0.05) is 6.42 Å². The molecule has 1 rings (SSSR count). The lowest BCUT2D eigenvalue weighted by Gasteiger charge is -2.41. The number of unbranched alkanes of at least 4 members (excludes halogenated alkanes) is 18. The molecule has 1 amide bonds. The van der Waals surface area contributed by atoms with Crippen LogP contribution in [0.5, 0.6) is 0 Å². The summed E-state index contributed by atoms with van der Waals surface area (Å²) >= 11 is 0. The number of hydrogen-bond acceptors (Lipinski definition) is 10. The van der Waals surface area contributed by atoms with Gasteiger partial charge in [-0.3, -0.25) is 9.59 Å². The summed E-state index contributed by atoms with van der Waals surface area (Å²) in [6.07, 6.45) is 51.3. The van der Waals surface area contributed by atoms with Crippen molar-refractivity contribution in [1.82, 2.24) is 5.32 Å². The first-order valence-electron chi connectivity index (χ1n) is 27.2. The predicted octanol–water partition coefficient (Wildman–Crippen LogP) is 11.8. The van der Waals surface area contributed by atoms with Crippen molar-refractivity contribution in [2.45, 2.75) is 237 Å². The Morgan fingerprint density at radius 3 is 1.70 bits per heavy atom. The number of esters is 1. The molecule has 398 valence electrons.